The molecule has 3 aromatic carbocycles. The van der Waals surface area contributed by atoms with Crippen LogP contribution in [0.2, 0.25) is 0 Å². The first-order valence-electron chi connectivity index (χ1n) is 12.4. The average molecular weight is 477 g/mol. The Morgan fingerprint density at radius 3 is 2.67 bits per heavy atom. The molecule has 2 heterocycles. The number of nitrogens with one attached hydrogen (secondary N) is 1. The number of methoxy groups -OCH3 is 1. The van der Waals surface area contributed by atoms with Gasteiger partial charge < -0.3 is 14.8 Å². The number of benzene rings is 3. The third kappa shape index (κ3) is 3.91. The Hall–Kier alpha value is -4.12. The number of hydrogen-bond acceptors (Lipinski definition) is 5. The van der Waals surface area contributed by atoms with Crippen LogP contribution in [-0.2, 0) is 11.4 Å². The van der Waals surface area contributed by atoms with Crippen molar-refractivity contribution in [1.29, 1.82) is 0 Å². The molecular formula is C31H28N2O3. The lowest BCUT2D eigenvalue weighted by atomic mass is 9.74. The zero-order chi connectivity index (χ0) is 24.6. The fourth-order valence-electron chi connectivity index (χ4n) is 5.44. The second kappa shape index (κ2) is 9.15. The van der Waals surface area contributed by atoms with E-state index in [4.69, 9.17) is 14.5 Å². The Morgan fingerprint density at radius 2 is 1.83 bits per heavy atom. The van der Waals surface area contributed by atoms with Crippen LogP contribution in [0.1, 0.15) is 47.6 Å². The maximum absolute atomic E-state index is 13.3. The van der Waals surface area contributed by atoms with Gasteiger partial charge in [-0.2, -0.15) is 0 Å². The molecule has 6 rings (SSSR count). The minimum atomic E-state index is -0.200. The number of Topliss-reactive ketones (excluding diaryl/α,β-unsaturated/α-hetero) is 1. The van der Waals surface area contributed by atoms with Crippen LogP contribution >= 0.6 is 0 Å². The summed E-state index contributed by atoms with van der Waals surface area (Å²) < 4.78 is 11.9. The molecule has 1 aliphatic heterocycles. The molecule has 5 nitrogen and oxygen atoms in total. The quantitative estimate of drug-likeness (QED) is 0.347. The first kappa shape index (κ1) is 22.4. The molecule has 1 N–H and O–H groups in total. The minimum absolute atomic E-state index is 0.200. The molecule has 4 aromatic rings. The number of rotatable bonds is 5. The van der Waals surface area contributed by atoms with E-state index < -0.39 is 0 Å². The lowest BCUT2D eigenvalue weighted by Gasteiger charge is -2.35. The van der Waals surface area contributed by atoms with E-state index in [1.54, 1.807) is 7.11 Å². The number of aromatic nitrogens is 1. The van der Waals surface area contributed by atoms with Gasteiger partial charge in [-0.25, -0.2) is 0 Å². The fourth-order valence-corrected chi connectivity index (χ4v) is 5.44. The van der Waals surface area contributed by atoms with Crippen LogP contribution in [0.3, 0.4) is 0 Å². The third-order valence-corrected chi connectivity index (χ3v) is 7.13. The summed E-state index contributed by atoms with van der Waals surface area (Å²) in [5.41, 5.74) is 8.03. The van der Waals surface area contributed by atoms with Gasteiger partial charge in [0.05, 0.1) is 12.6 Å². The minimum Gasteiger partial charge on any atom is -0.493 e. The third-order valence-electron chi connectivity index (χ3n) is 7.13. The summed E-state index contributed by atoms with van der Waals surface area (Å²) >= 11 is 0. The summed E-state index contributed by atoms with van der Waals surface area (Å²) in [6.07, 6.45) is 2.32. The number of pyridine rings is 1. The van der Waals surface area contributed by atoms with Gasteiger partial charge in [-0.1, -0.05) is 42.5 Å². The predicted octanol–water partition coefficient (Wildman–Crippen LogP) is 6.70. The summed E-state index contributed by atoms with van der Waals surface area (Å²) in [4.78, 5) is 18.1. The molecule has 0 amide bonds. The molecule has 1 atom stereocenters. The molecule has 0 fully saturated rings. The second-order valence-electron chi connectivity index (χ2n) is 9.46. The zero-order valence-corrected chi connectivity index (χ0v) is 20.5. The lowest BCUT2D eigenvalue weighted by molar-refractivity contribution is -0.116. The largest absolute Gasteiger partial charge is 0.493 e. The van der Waals surface area contributed by atoms with E-state index >= 15 is 0 Å². The van der Waals surface area contributed by atoms with Crippen molar-refractivity contribution in [2.75, 3.05) is 12.4 Å². The van der Waals surface area contributed by atoms with E-state index in [1.165, 1.54) is 0 Å². The number of allylic oxidation sites excluding steroid dienone is 2. The van der Waals surface area contributed by atoms with Gasteiger partial charge in [-0.05, 0) is 66.8 Å². The van der Waals surface area contributed by atoms with Crippen LogP contribution in [-0.4, -0.2) is 17.9 Å². The average Bonchev–Trinajstić information content (AvgIpc) is 2.91. The van der Waals surface area contributed by atoms with Gasteiger partial charge in [-0.3, -0.25) is 9.78 Å². The van der Waals surface area contributed by atoms with E-state index in [1.807, 2.05) is 55.5 Å². The second-order valence-corrected chi connectivity index (χ2v) is 9.46. The lowest BCUT2D eigenvalue weighted by Crippen LogP contribution is -2.27. The van der Waals surface area contributed by atoms with Crippen molar-refractivity contribution in [2.24, 2.45) is 0 Å². The van der Waals surface area contributed by atoms with E-state index in [9.17, 15) is 4.79 Å². The first-order chi connectivity index (χ1) is 17.6. The maximum Gasteiger partial charge on any atom is 0.161 e. The molecule has 0 radical (unpaired) electrons. The van der Waals surface area contributed by atoms with Crippen LogP contribution in [0.5, 0.6) is 11.5 Å². The van der Waals surface area contributed by atoms with Crippen LogP contribution in [0.15, 0.2) is 84.1 Å². The maximum atomic E-state index is 13.3. The number of carbonyl (C=O) groups is 1. The predicted molar refractivity (Wildman–Crippen MR) is 142 cm³/mol. The summed E-state index contributed by atoms with van der Waals surface area (Å²) in [6.45, 7) is 2.45. The number of ketones is 1. The number of nitrogens with zero attached hydrogens (tertiary/aromatic N) is 1. The number of fused-ring (bicyclic) bond motifs is 3. The van der Waals surface area contributed by atoms with Gasteiger partial charge in [0.15, 0.2) is 17.3 Å². The van der Waals surface area contributed by atoms with Crippen molar-refractivity contribution in [3.05, 3.63) is 106 Å². The fraction of sp³-hybridized carbons (Fsp3) is 0.226. The van der Waals surface area contributed by atoms with Crippen molar-refractivity contribution in [2.45, 2.75) is 38.7 Å². The highest BCUT2D eigenvalue weighted by molar-refractivity contribution is 6.03. The number of ether oxygens (including phenoxy) is 2. The molecule has 1 aliphatic carbocycles. The topological polar surface area (TPSA) is 60.5 Å². The van der Waals surface area contributed by atoms with Crippen molar-refractivity contribution in [1.82, 2.24) is 4.98 Å². The summed E-state index contributed by atoms with van der Waals surface area (Å²) in [6, 6.07) is 24.4. The van der Waals surface area contributed by atoms with Crippen molar-refractivity contribution in [3.8, 4) is 11.5 Å². The first-order valence-corrected chi connectivity index (χ1v) is 12.4. The van der Waals surface area contributed by atoms with Crippen molar-refractivity contribution in [3.63, 3.8) is 0 Å². The molecule has 36 heavy (non-hydrogen) atoms. The molecule has 0 unspecified atom stereocenters. The molecule has 0 bridgehead atoms. The number of carbonyl (C=O) groups excluding carboxylic acids is 1. The van der Waals surface area contributed by atoms with E-state index in [0.717, 1.165) is 63.1 Å². The summed E-state index contributed by atoms with van der Waals surface area (Å²) in [5.74, 6) is 1.34. The Kier molecular flexibility index (Phi) is 5.68. The van der Waals surface area contributed by atoms with Crippen LogP contribution < -0.4 is 14.8 Å². The monoisotopic (exact) mass is 476 g/mol. The molecule has 2 aliphatic rings. The number of anilines is 1. The molecule has 5 heteroatoms. The molecule has 0 saturated heterocycles. The highest BCUT2D eigenvalue weighted by Gasteiger charge is 2.36. The van der Waals surface area contributed by atoms with Crippen LogP contribution in [0.4, 0.5) is 5.69 Å². The Labute approximate surface area is 210 Å². The van der Waals surface area contributed by atoms with Gasteiger partial charge in [0.2, 0.25) is 0 Å². The van der Waals surface area contributed by atoms with Gasteiger partial charge in [0.1, 0.15) is 6.61 Å². The smallest absolute Gasteiger partial charge is 0.161 e. The van der Waals surface area contributed by atoms with Crippen LogP contribution in [0.25, 0.3) is 10.9 Å². The van der Waals surface area contributed by atoms with E-state index in [0.29, 0.717) is 24.5 Å². The molecule has 0 saturated carbocycles. The Morgan fingerprint density at radius 1 is 0.972 bits per heavy atom. The number of hydrogen-bond donors (Lipinski definition) is 1. The van der Waals surface area contributed by atoms with Crippen molar-refractivity contribution < 1.29 is 14.3 Å². The molecule has 1 aromatic heterocycles. The van der Waals surface area contributed by atoms with Gasteiger partial charge in [0, 0.05) is 40.4 Å². The van der Waals surface area contributed by atoms with E-state index in [2.05, 4.69) is 29.6 Å². The number of aryl methyl sites for hydroxylation is 1. The molecular weight excluding hydrogens is 448 g/mol. The summed E-state index contributed by atoms with van der Waals surface area (Å²) in [5, 5.41) is 4.65. The highest BCUT2D eigenvalue weighted by Crippen LogP contribution is 2.49. The summed E-state index contributed by atoms with van der Waals surface area (Å²) in [7, 11) is 1.66. The zero-order valence-electron chi connectivity index (χ0n) is 20.5. The van der Waals surface area contributed by atoms with Gasteiger partial charge >= 0.3 is 0 Å². The molecule has 0 spiro atoms. The van der Waals surface area contributed by atoms with Crippen molar-refractivity contribution >= 4 is 22.4 Å². The van der Waals surface area contributed by atoms with E-state index in [-0.39, 0.29) is 11.7 Å². The highest BCUT2D eigenvalue weighted by atomic mass is 16.5. The van der Waals surface area contributed by atoms with Crippen LogP contribution in [0, 0.1) is 6.92 Å². The standard InChI is InChI=1S/C31H28N2O3/c1-19-11-13-22-23(32-19)14-15-25-30(22)29(31-24(33-25)9-6-10-26(31)34)21-12-16-27(28(17-21)35-2)36-18-20-7-4-3-5-8-20/h3-5,7-8,11-17,29,33H,6,9-10,18H2,1-2H3/t29-/m1/s1. The normalized spacial score (nSPS) is 16.8. The van der Waals surface area contributed by atoms with Gasteiger partial charge in [-0.15, -0.1) is 0 Å². The Bertz CT molecular complexity index is 1510. The Balaban J connectivity index is 1.47. The van der Waals surface area contributed by atoms with Gasteiger partial charge in [0.25, 0.3) is 0 Å². The molecule has 180 valence electrons. The SMILES string of the molecule is COc1cc([C@H]2C3=C(CCCC3=O)Nc3ccc4nc(C)ccc4c32)ccc1OCc1ccccc1.